The van der Waals surface area contributed by atoms with E-state index in [1.807, 2.05) is 0 Å². The van der Waals surface area contributed by atoms with Crippen molar-refractivity contribution in [1.29, 1.82) is 0 Å². The second-order valence-electron chi connectivity index (χ2n) is 5.32. The van der Waals surface area contributed by atoms with Crippen LogP contribution in [0.2, 0.25) is 0 Å². The Kier molecular flexibility index (Phi) is 9.46. The summed E-state index contributed by atoms with van der Waals surface area (Å²) in [5.74, 6) is 0.529. The second-order valence-corrected chi connectivity index (χ2v) is 5.71. The van der Waals surface area contributed by atoms with Crippen LogP contribution in [0.15, 0.2) is 49.6 Å². The van der Waals surface area contributed by atoms with Crippen LogP contribution in [0.25, 0.3) is 0 Å². The van der Waals surface area contributed by atoms with Gasteiger partial charge >= 0.3 is 0 Å². The molecule has 0 aliphatic carbocycles. The molecular formula is C19H26N2O2S. The Morgan fingerprint density at radius 1 is 1.21 bits per heavy atom. The van der Waals surface area contributed by atoms with Crippen LogP contribution in [0, 0.1) is 0 Å². The maximum atomic E-state index is 12.3. The molecule has 24 heavy (non-hydrogen) atoms. The summed E-state index contributed by atoms with van der Waals surface area (Å²) in [7, 11) is 0. The van der Waals surface area contributed by atoms with Crippen LogP contribution in [0.5, 0.6) is 5.75 Å². The summed E-state index contributed by atoms with van der Waals surface area (Å²) in [6.07, 6.45) is 6.82. The molecular weight excluding hydrogens is 320 g/mol. The predicted molar refractivity (Wildman–Crippen MR) is 103 cm³/mol. The zero-order valence-corrected chi connectivity index (χ0v) is 15.1. The molecule has 0 heterocycles. The lowest BCUT2D eigenvalue weighted by Crippen LogP contribution is -2.42. The number of rotatable bonds is 10. The monoisotopic (exact) mass is 346 g/mol. The van der Waals surface area contributed by atoms with Gasteiger partial charge in [-0.25, -0.2) is 0 Å². The van der Waals surface area contributed by atoms with Crippen LogP contribution < -0.4 is 10.1 Å². The van der Waals surface area contributed by atoms with Gasteiger partial charge in [-0.1, -0.05) is 31.9 Å². The summed E-state index contributed by atoms with van der Waals surface area (Å²) in [5.41, 5.74) is 0.537. The van der Waals surface area contributed by atoms with Gasteiger partial charge in [-0.05, 0) is 42.9 Å². The van der Waals surface area contributed by atoms with Gasteiger partial charge in [0.05, 0.1) is 6.61 Å². The van der Waals surface area contributed by atoms with Gasteiger partial charge in [0.15, 0.2) is 5.11 Å². The van der Waals surface area contributed by atoms with Gasteiger partial charge in [-0.2, -0.15) is 0 Å². The predicted octanol–water partition coefficient (Wildman–Crippen LogP) is 3.94. The first kappa shape index (κ1) is 19.9. The fourth-order valence-corrected chi connectivity index (χ4v) is 2.29. The van der Waals surface area contributed by atoms with Crippen molar-refractivity contribution in [3.8, 4) is 5.75 Å². The molecule has 0 bridgehead atoms. The first-order valence-electron chi connectivity index (χ1n) is 8.17. The summed E-state index contributed by atoms with van der Waals surface area (Å²) in [6, 6.07) is 7.07. The Hall–Kier alpha value is -2.14. The van der Waals surface area contributed by atoms with Gasteiger partial charge < -0.3 is 9.64 Å². The number of benzene rings is 1. The van der Waals surface area contributed by atoms with E-state index in [1.165, 1.54) is 0 Å². The van der Waals surface area contributed by atoms with E-state index in [2.05, 4.69) is 25.4 Å². The standard InChI is InChI=1S/C19H26N2O2S/c1-4-7-8-15-23-17-11-9-16(10-12-17)18(22)20-19(24)21(13-5-2)14-6-3/h5-6,9-12H,2-4,7-8,13-15H2,1H3,(H,20,22,24). The van der Waals surface area contributed by atoms with Crippen molar-refractivity contribution >= 4 is 23.2 Å². The molecule has 0 aliphatic rings. The smallest absolute Gasteiger partial charge is 0.257 e. The molecule has 0 atom stereocenters. The summed E-state index contributed by atoms with van der Waals surface area (Å²) in [6.45, 7) is 11.3. The molecule has 4 nitrogen and oxygen atoms in total. The highest BCUT2D eigenvalue weighted by Gasteiger charge is 2.12. The quantitative estimate of drug-likeness (QED) is 0.396. The van der Waals surface area contributed by atoms with E-state index >= 15 is 0 Å². The van der Waals surface area contributed by atoms with Crippen LogP contribution in [-0.4, -0.2) is 35.6 Å². The Morgan fingerprint density at radius 3 is 2.38 bits per heavy atom. The molecule has 0 radical (unpaired) electrons. The van der Waals surface area contributed by atoms with Gasteiger partial charge in [0, 0.05) is 18.7 Å². The SMILES string of the molecule is C=CCN(CC=C)C(=S)NC(=O)c1ccc(OCCCCC)cc1. The third-order valence-electron chi connectivity index (χ3n) is 3.34. The zero-order chi connectivity index (χ0) is 17.8. The molecule has 1 aromatic rings. The lowest BCUT2D eigenvalue weighted by atomic mass is 10.2. The summed E-state index contributed by atoms with van der Waals surface area (Å²) in [5, 5.41) is 3.09. The molecule has 130 valence electrons. The van der Waals surface area contributed by atoms with Gasteiger partial charge in [0.25, 0.3) is 5.91 Å². The van der Waals surface area contributed by atoms with Crippen molar-refractivity contribution in [3.63, 3.8) is 0 Å². The number of hydrogen-bond acceptors (Lipinski definition) is 3. The Labute approximate surface area is 150 Å². The van der Waals surface area contributed by atoms with E-state index in [1.54, 1.807) is 41.3 Å². The minimum Gasteiger partial charge on any atom is -0.494 e. The van der Waals surface area contributed by atoms with Crippen molar-refractivity contribution in [2.45, 2.75) is 26.2 Å². The van der Waals surface area contributed by atoms with Crippen molar-refractivity contribution in [3.05, 3.63) is 55.1 Å². The number of amides is 1. The molecule has 0 saturated carbocycles. The molecule has 1 N–H and O–H groups in total. The first-order valence-corrected chi connectivity index (χ1v) is 8.58. The number of unbranched alkanes of at least 4 members (excludes halogenated alkanes) is 2. The minimum atomic E-state index is -0.240. The normalized spacial score (nSPS) is 9.88. The van der Waals surface area contributed by atoms with Crippen molar-refractivity contribution in [2.24, 2.45) is 0 Å². The first-order chi connectivity index (χ1) is 11.6. The van der Waals surface area contributed by atoms with E-state index in [0.717, 1.165) is 25.0 Å². The van der Waals surface area contributed by atoms with Crippen LogP contribution in [0.4, 0.5) is 0 Å². The summed E-state index contributed by atoms with van der Waals surface area (Å²) < 4.78 is 5.64. The lowest BCUT2D eigenvalue weighted by molar-refractivity contribution is 0.0974. The molecule has 0 spiro atoms. The van der Waals surface area contributed by atoms with Gasteiger partial charge in [-0.3, -0.25) is 10.1 Å². The van der Waals surface area contributed by atoms with E-state index in [9.17, 15) is 4.79 Å². The number of carbonyl (C=O) groups excluding carboxylic acids is 1. The number of ether oxygens (including phenoxy) is 1. The third-order valence-corrected chi connectivity index (χ3v) is 3.70. The van der Waals surface area contributed by atoms with E-state index in [0.29, 0.717) is 30.4 Å². The number of carbonyl (C=O) groups is 1. The molecule has 1 rings (SSSR count). The maximum absolute atomic E-state index is 12.3. The second kappa shape index (κ2) is 11.4. The van der Waals surface area contributed by atoms with Gasteiger partial charge in [0.1, 0.15) is 5.75 Å². The van der Waals surface area contributed by atoms with Crippen molar-refractivity contribution in [2.75, 3.05) is 19.7 Å². The van der Waals surface area contributed by atoms with Crippen LogP contribution in [-0.2, 0) is 0 Å². The number of thiocarbonyl (C=S) groups is 1. The molecule has 0 fully saturated rings. The number of hydrogen-bond donors (Lipinski definition) is 1. The number of nitrogens with one attached hydrogen (secondary N) is 1. The van der Waals surface area contributed by atoms with Gasteiger partial charge in [-0.15, -0.1) is 13.2 Å². The van der Waals surface area contributed by atoms with Crippen LogP contribution in [0.1, 0.15) is 36.5 Å². The summed E-state index contributed by atoms with van der Waals surface area (Å²) >= 11 is 5.26. The highest BCUT2D eigenvalue weighted by molar-refractivity contribution is 7.80. The molecule has 1 amide bonds. The molecule has 0 aliphatic heterocycles. The Balaban J connectivity index is 2.56. The summed E-state index contributed by atoms with van der Waals surface area (Å²) in [4.78, 5) is 14.1. The Bertz CT molecular complexity index is 545. The van der Waals surface area contributed by atoms with Gasteiger partial charge in [0.2, 0.25) is 0 Å². The van der Waals surface area contributed by atoms with E-state index in [-0.39, 0.29) is 5.91 Å². The topological polar surface area (TPSA) is 41.6 Å². The highest BCUT2D eigenvalue weighted by Crippen LogP contribution is 2.13. The molecule has 1 aromatic carbocycles. The molecule has 5 heteroatoms. The zero-order valence-electron chi connectivity index (χ0n) is 14.3. The highest BCUT2D eigenvalue weighted by atomic mass is 32.1. The molecule has 0 unspecified atom stereocenters. The van der Waals surface area contributed by atoms with Crippen LogP contribution in [0.3, 0.4) is 0 Å². The lowest BCUT2D eigenvalue weighted by Gasteiger charge is -2.22. The fourth-order valence-electron chi connectivity index (χ4n) is 2.04. The van der Waals surface area contributed by atoms with Crippen molar-refractivity contribution in [1.82, 2.24) is 10.2 Å². The average Bonchev–Trinajstić information content (AvgIpc) is 2.59. The van der Waals surface area contributed by atoms with E-state index < -0.39 is 0 Å². The third kappa shape index (κ3) is 6.96. The van der Waals surface area contributed by atoms with Crippen molar-refractivity contribution < 1.29 is 9.53 Å². The van der Waals surface area contributed by atoms with E-state index in [4.69, 9.17) is 17.0 Å². The Morgan fingerprint density at radius 2 is 1.83 bits per heavy atom. The minimum absolute atomic E-state index is 0.240. The molecule has 0 saturated heterocycles. The molecule has 0 aromatic heterocycles. The number of nitrogens with zero attached hydrogens (tertiary/aromatic N) is 1. The largest absolute Gasteiger partial charge is 0.494 e. The average molecular weight is 346 g/mol. The maximum Gasteiger partial charge on any atom is 0.257 e. The fraction of sp³-hybridized carbons (Fsp3) is 0.368. The van der Waals surface area contributed by atoms with Crippen LogP contribution >= 0.6 is 12.2 Å².